The van der Waals surface area contributed by atoms with Gasteiger partial charge in [-0.05, 0) is 12.8 Å². The number of hydrogen-bond acceptors (Lipinski definition) is 5. The van der Waals surface area contributed by atoms with Crippen molar-refractivity contribution < 1.29 is 9.59 Å². The Morgan fingerprint density at radius 1 is 1.25 bits per heavy atom. The van der Waals surface area contributed by atoms with Crippen molar-refractivity contribution in [3.05, 3.63) is 35.3 Å². The first kappa shape index (κ1) is 18.1. The van der Waals surface area contributed by atoms with Crippen LogP contribution in [0.4, 0.5) is 5.00 Å². The van der Waals surface area contributed by atoms with Gasteiger partial charge in [0.2, 0.25) is 11.8 Å². The van der Waals surface area contributed by atoms with E-state index in [1.54, 1.807) is 0 Å². The standard InChI is InChI=1S/C17H22N4O2S/c1-10(2)14(18)16(23)19-9-13(22)21-17-15(20-11(3)24-17)12-7-5-4-6-8-12/h4-8,10,14H,9,18H2,1-3H3,(H,19,23)(H,21,22)/t14-/m0/s1. The van der Waals surface area contributed by atoms with E-state index in [0.717, 1.165) is 16.3 Å². The van der Waals surface area contributed by atoms with Crippen molar-refractivity contribution >= 4 is 28.2 Å². The van der Waals surface area contributed by atoms with E-state index in [0.29, 0.717) is 5.00 Å². The minimum atomic E-state index is -0.622. The van der Waals surface area contributed by atoms with Crippen molar-refractivity contribution in [2.75, 3.05) is 11.9 Å². The van der Waals surface area contributed by atoms with Crippen molar-refractivity contribution in [2.45, 2.75) is 26.8 Å². The Kier molecular flexibility index (Phi) is 6.05. The summed E-state index contributed by atoms with van der Waals surface area (Å²) in [4.78, 5) is 28.4. The number of aromatic nitrogens is 1. The second-order valence-electron chi connectivity index (χ2n) is 5.81. The predicted octanol–water partition coefficient (Wildman–Crippen LogP) is 2.16. The Morgan fingerprint density at radius 3 is 2.54 bits per heavy atom. The summed E-state index contributed by atoms with van der Waals surface area (Å²) in [7, 11) is 0. The molecule has 0 radical (unpaired) electrons. The van der Waals surface area contributed by atoms with E-state index in [4.69, 9.17) is 5.73 Å². The number of nitrogens with two attached hydrogens (primary N) is 1. The zero-order valence-corrected chi connectivity index (χ0v) is 14.8. The number of carbonyl (C=O) groups excluding carboxylic acids is 2. The quantitative estimate of drug-likeness (QED) is 0.746. The maximum absolute atomic E-state index is 12.1. The highest BCUT2D eigenvalue weighted by Crippen LogP contribution is 2.32. The van der Waals surface area contributed by atoms with Crippen LogP contribution in [0.15, 0.2) is 30.3 Å². The molecule has 0 saturated heterocycles. The highest BCUT2D eigenvalue weighted by atomic mass is 32.1. The molecule has 0 aliphatic heterocycles. The van der Waals surface area contributed by atoms with Gasteiger partial charge in [-0.1, -0.05) is 44.2 Å². The second kappa shape index (κ2) is 8.03. The first-order chi connectivity index (χ1) is 11.4. The molecule has 4 N–H and O–H groups in total. The summed E-state index contributed by atoms with van der Waals surface area (Å²) >= 11 is 1.40. The van der Waals surface area contributed by atoms with Crippen LogP contribution in [0.1, 0.15) is 18.9 Å². The molecular weight excluding hydrogens is 324 g/mol. The molecule has 7 heteroatoms. The van der Waals surface area contributed by atoms with Gasteiger partial charge in [-0.25, -0.2) is 4.98 Å². The molecule has 0 bridgehead atoms. The van der Waals surface area contributed by atoms with Gasteiger partial charge in [0.25, 0.3) is 0 Å². The van der Waals surface area contributed by atoms with Gasteiger partial charge in [-0.2, -0.15) is 0 Å². The lowest BCUT2D eigenvalue weighted by Crippen LogP contribution is -2.46. The van der Waals surface area contributed by atoms with Crippen molar-refractivity contribution in [2.24, 2.45) is 11.7 Å². The smallest absolute Gasteiger partial charge is 0.244 e. The minimum Gasteiger partial charge on any atom is -0.346 e. The number of thiazole rings is 1. The summed E-state index contributed by atoms with van der Waals surface area (Å²) in [5, 5.41) is 6.90. The molecule has 1 heterocycles. The number of rotatable bonds is 6. The minimum absolute atomic E-state index is 0.0156. The van der Waals surface area contributed by atoms with Crippen LogP contribution in [0.5, 0.6) is 0 Å². The maximum atomic E-state index is 12.1. The molecule has 0 aliphatic rings. The van der Waals surface area contributed by atoms with Gasteiger partial charge in [0.1, 0.15) is 10.7 Å². The Labute approximate surface area is 145 Å². The molecule has 0 fully saturated rings. The van der Waals surface area contributed by atoms with Crippen LogP contribution in [-0.2, 0) is 9.59 Å². The lowest BCUT2D eigenvalue weighted by molar-refractivity contribution is -0.125. The fraction of sp³-hybridized carbons (Fsp3) is 0.353. The first-order valence-electron chi connectivity index (χ1n) is 7.74. The normalized spacial score (nSPS) is 12.0. The molecule has 2 amide bonds. The predicted molar refractivity (Wildman–Crippen MR) is 96.7 cm³/mol. The third kappa shape index (κ3) is 4.62. The lowest BCUT2D eigenvalue weighted by atomic mass is 10.1. The highest BCUT2D eigenvalue weighted by molar-refractivity contribution is 7.16. The third-order valence-corrected chi connectivity index (χ3v) is 4.36. The molecule has 1 atom stereocenters. The molecule has 1 aromatic heterocycles. The first-order valence-corrected chi connectivity index (χ1v) is 8.56. The van der Waals surface area contributed by atoms with E-state index in [1.807, 2.05) is 51.1 Å². The van der Waals surface area contributed by atoms with Crippen LogP contribution in [-0.4, -0.2) is 29.4 Å². The molecule has 0 unspecified atom stereocenters. The van der Waals surface area contributed by atoms with Crippen molar-refractivity contribution in [3.63, 3.8) is 0 Å². The van der Waals surface area contributed by atoms with E-state index in [-0.39, 0.29) is 24.3 Å². The van der Waals surface area contributed by atoms with Gasteiger partial charge >= 0.3 is 0 Å². The molecule has 6 nitrogen and oxygen atoms in total. The zero-order valence-electron chi connectivity index (χ0n) is 14.0. The number of aryl methyl sites for hydroxylation is 1. The van der Waals surface area contributed by atoms with Gasteiger partial charge in [-0.15, -0.1) is 11.3 Å². The van der Waals surface area contributed by atoms with Gasteiger partial charge in [-0.3, -0.25) is 9.59 Å². The van der Waals surface area contributed by atoms with Crippen LogP contribution in [0.2, 0.25) is 0 Å². The number of anilines is 1. The maximum Gasteiger partial charge on any atom is 0.244 e. The third-order valence-electron chi connectivity index (χ3n) is 3.48. The summed E-state index contributed by atoms with van der Waals surface area (Å²) in [6, 6.07) is 9.02. The van der Waals surface area contributed by atoms with Crippen molar-refractivity contribution in [1.82, 2.24) is 10.3 Å². The summed E-state index contributed by atoms with van der Waals surface area (Å²) in [5.74, 6) is -0.619. The molecule has 2 aromatic rings. The van der Waals surface area contributed by atoms with E-state index < -0.39 is 6.04 Å². The van der Waals surface area contributed by atoms with E-state index in [2.05, 4.69) is 15.6 Å². The monoisotopic (exact) mass is 346 g/mol. The fourth-order valence-electron chi connectivity index (χ4n) is 2.06. The van der Waals surface area contributed by atoms with Gasteiger partial charge in [0.15, 0.2) is 0 Å². The number of benzene rings is 1. The number of nitrogens with zero attached hydrogens (tertiary/aromatic N) is 1. The number of hydrogen-bond donors (Lipinski definition) is 3. The Hall–Kier alpha value is -2.25. The molecule has 0 aliphatic carbocycles. The van der Waals surface area contributed by atoms with Gasteiger partial charge in [0.05, 0.1) is 17.6 Å². The summed E-state index contributed by atoms with van der Waals surface area (Å²) < 4.78 is 0. The topological polar surface area (TPSA) is 97.1 Å². The molecule has 128 valence electrons. The van der Waals surface area contributed by atoms with Gasteiger partial charge < -0.3 is 16.4 Å². The molecule has 24 heavy (non-hydrogen) atoms. The molecule has 1 aromatic carbocycles. The largest absolute Gasteiger partial charge is 0.346 e. The van der Waals surface area contributed by atoms with Crippen LogP contribution < -0.4 is 16.4 Å². The molecule has 2 rings (SSSR count). The van der Waals surface area contributed by atoms with E-state index >= 15 is 0 Å². The average Bonchev–Trinajstić information content (AvgIpc) is 2.92. The average molecular weight is 346 g/mol. The van der Waals surface area contributed by atoms with Crippen LogP contribution in [0.25, 0.3) is 11.3 Å². The molecule has 0 spiro atoms. The van der Waals surface area contributed by atoms with Crippen molar-refractivity contribution in [3.8, 4) is 11.3 Å². The molecular formula is C17H22N4O2S. The zero-order chi connectivity index (χ0) is 17.7. The number of amides is 2. The number of nitrogens with one attached hydrogen (secondary N) is 2. The Bertz CT molecular complexity index is 713. The van der Waals surface area contributed by atoms with Crippen LogP contribution >= 0.6 is 11.3 Å². The summed E-state index contributed by atoms with van der Waals surface area (Å²) in [6.07, 6.45) is 0. The highest BCUT2D eigenvalue weighted by Gasteiger charge is 2.18. The number of carbonyl (C=O) groups is 2. The second-order valence-corrected chi connectivity index (χ2v) is 7.02. The Balaban J connectivity index is 2.01. The molecule has 0 saturated carbocycles. The SMILES string of the molecule is Cc1nc(-c2ccccc2)c(NC(=O)CNC(=O)[C@@H](N)C(C)C)s1. The van der Waals surface area contributed by atoms with Crippen molar-refractivity contribution in [1.29, 1.82) is 0 Å². The van der Waals surface area contributed by atoms with Crippen LogP contribution in [0.3, 0.4) is 0 Å². The summed E-state index contributed by atoms with van der Waals surface area (Å²) in [6.45, 7) is 5.48. The van der Waals surface area contributed by atoms with E-state index in [1.165, 1.54) is 11.3 Å². The summed E-state index contributed by atoms with van der Waals surface area (Å²) in [5.41, 5.74) is 7.42. The van der Waals surface area contributed by atoms with Crippen LogP contribution in [0, 0.1) is 12.8 Å². The van der Waals surface area contributed by atoms with E-state index in [9.17, 15) is 9.59 Å². The fourth-order valence-corrected chi connectivity index (χ4v) is 2.92. The Morgan fingerprint density at radius 2 is 1.92 bits per heavy atom. The lowest BCUT2D eigenvalue weighted by Gasteiger charge is -2.15. The van der Waals surface area contributed by atoms with Gasteiger partial charge in [0, 0.05) is 5.56 Å².